The summed E-state index contributed by atoms with van der Waals surface area (Å²) in [5.74, 6) is 1.30. The van der Waals surface area contributed by atoms with Gasteiger partial charge in [-0.1, -0.05) is 35.3 Å². The lowest BCUT2D eigenvalue weighted by molar-refractivity contribution is 0.483. The minimum absolute atomic E-state index is 0.493. The molecule has 2 N–H and O–H groups in total. The van der Waals surface area contributed by atoms with Crippen molar-refractivity contribution in [3.05, 3.63) is 53.1 Å². The van der Waals surface area contributed by atoms with Crippen LogP contribution in [0.2, 0.25) is 5.02 Å². The van der Waals surface area contributed by atoms with Crippen molar-refractivity contribution in [2.24, 2.45) is 5.73 Å². The van der Waals surface area contributed by atoms with Gasteiger partial charge >= 0.3 is 0 Å². The molecule has 2 rings (SSSR count). The van der Waals surface area contributed by atoms with Crippen molar-refractivity contribution >= 4 is 24.9 Å². The largest absolute Gasteiger partial charge is 0.456 e. The van der Waals surface area contributed by atoms with Crippen LogP contribution in [0.1, 0.15) is 5.56 Å². The maximum Gasteiger partial charge on any atom is 0.145 e. The smallest absolute Gasteiger partial charge is 0.145 e. The summed E-state index contributed by atoms with van der Waals surface area (Å²) in [6.07, 6.45) is 0. The first-order chi connectivity index (χ1) is 8.19. The van der Waals surface area contributed by atoms with E-state index < -0.39 is 0 Å². The summed E-state index contributed by atoms with van der Waals surface area (Å²) in [5, 5.41) is 0.493. The Bertz CT molecular complexity index is 513. The van der Waals surface area contributed by atoms with Crippen molar-refractivity contribution in [2.45, 2.75) is 6.54 Å². The summed E-state index contributed by atoms with van der Waals surface area (Å²) in [7, 11) is 5.60. The number of halogens is 1. The van der Waals surface area contributed by atoms with Crippen LogP contribution >= 0.6 is 11.6 Å². The summed E-state index contributed by atoms with van der Waals surface area (Å²) in [5.41, 5.74) is 7.19. The highest BCUT2D eigenvalue weighted by Gasteiger charge is 2.02. The Morgan fingerprint density at radius 1 is 1.12 bits per heavy atom. The molecule has 0 aliphatic rings. The molecule has 0 unspecified atom stereocenters. The standard InChI is InChI=1S/C13H11BClNO/c14-10-3-6-13(12(15)7-10)17-11-4-1-9(8-16)2-5-11/h1-7H,8,16H2. The van der Waals surface area contributed by atoms with Gasteiger partial charge in [-0.15, -0.1) is 0 Å². The van der Waals surface area contributed by atoms with Gasteiger partial charge in [0.1, 0.15) is 19.3 Å². The molecule has 0 atom stereocenters. The number of ether oxygens (including phenoxy) is 1. The van der Waals surface area contributed by atoms with Gasteiger partial charge in [0.25, 0.3) is 0 Å². The van der Waals surface area contributed by atoms with Gasteiger partial charge in [-0.3, -0.25) is 0 Å². The molecular formula is C13H11BClNO. The molecule has 0 amide bonds. The van der Waals surface area contributed by atoms with Gasteiger partial charge < -0.3 is 10.5 Å². The van der Waals surface area contributed by atoms with Crippen molar-refractivity contribution in [3.8, 4) is 11.5 Å². The molecule has 0 heterocycles. The minimum atomic E-state index is 0.493. The Labute approximate surface area is 107 Å². The summed E-state index contributed by atoms with van der Waals surface area (Å²) in [6, 6.07) is 12.7. The minimum Gasteiger partial charge on any atom is -0.456 e. The summed E-state index contributed by atoms with van der Waals surface area (Å²) >= 11 is 6.01. The molecular weight excluding hydrogens is 232 g/mol. The highest BCUT2D eigenvalue weighted by atomic mass is 35.5. The van der Waals surface area contributed by atoms with Crippen LogP contribution in [0, 0.1) is 0 Å². The zero-order valence-corrected chi connectivity index (χ0v) is 9.95. The Kier molecular flexibility index (Phi) is 3.72. The summed E-state index contributed by atoms with van der Waals surface area (Å²) in [4.78, 5) is 0. The van der Waals surface area contributed by atoms with Crippen LogP contribution in [-0.4, -0.2) is 7.85 Å². The molecule has 4 heteroatoms. The normalized spacial score (nSPS) is 10.2. The molecule has 0 saturated heterocycles. The molecule has 0 fully saturated rings. The van der Waals surface area contributed by atoms with Crippen LogP contribution in [-0.2, 0) is 6.54 Å². The van der Waals surface area contributed by atoms with E-state index in [9.17, 15) is 0 Å². The Balaban J connectivity index is 2.19. The summed E-state index contributed by atoms with van der Waals surface area (Å²) < 4.78 is 5.64. The van der Waals surface area contributed by atoms with Crippen LogP contribution < -0.4 is 15.9 Å². The zero-order valence-electron chi connectivity index (χ0n) is 9.19. The predicted molar refractivity (Wildman–Crippen MR) is 71.2 cm³/mol. The first kappa shape index (κ1) is 12.0. The van der Waals surface area contributed by atoms with Gasteiger partial charge in [0.15, 0.2) is 0 Å². The molecule has 0 spiro atoms. The number of hydrogen-bond donors (Lipinski definition) is 1. The van der Waals surface area contributed by atoms with E-state index >= 15 is 0 Å². The van der Waals surface area contributed by atoms with Crippen LogP contribution in [0.5, 0.6) is 11.5 Å². The van der Waals surface area contributed by atoms with Crippen molar-refractivity contribution < 1.29 is 4.74 Å². The monoisotopic (exact) mass is 243 g/mol. The second-order valence-electron chi connectivity index (χ2n) is 3.64. The lowest BCUT2D eigenvalue weighted by Gasteiger charge is -2.08. The molecule has 2 nitrogen and oxygen atoms in total. The van der Waals surface area contributed by atoms with Crippen molar-refractivity contribution in [2.75, 3.05) is 0 Å². The lowest BCUT2D eigenvalue weighted by atomic mass is 9.97. The second-order valence-corrected chi connectivity index (χ2v) is 4.05. The van der Waals surface area contributed by atoms with E-state index in [1.165, 1.54) is 0 Å². The maximum absolute atomic E-state index is 6.01. The molecule has 2 aromatic carbocycles. The van der Waals surface area contributed by atoms with Crippen LogP contribution in [0.15, 0.2) is 42.5 Å². The Morgan fingerprint density at radius 2 is 1.82 bits per heavy atom. The number of nitrogens with two attached hydrogens (primary N) is 1. The third-order valence-corrected chi connectivity index (χ3v) is 2.64. The number of rotatable bonds is 3. The predicted octanol–water partition coefficient (Wildman–Crippen LogP) is 2.38. The van der Waals surface area contributed by atoms with Gasteiger partial charge in [-0.05, 0) is 29.8 Å². The van der Waals surface area contributed by atoms with E-state index in [-0.39, 0.29) is 0 Å². The van der Waals surface area contributed by atoms with E-state index in [4.69, 9.17) is 29.9 Å². The van der Waals surface area contributed by atoms with E-state index in [0.29, 0.717) is 28.5 Å². The molecule has 0 bridgehead atoms. The van der Waals surface area contributed by atoms with Crippen molar-refractivity contribution in [3.63, 3.8) is 0 Å². The fraction of sp³-hybridized carbons (Fsp3) is 0.0769. The molecule has 2 radical (unpaired) electrons. The third-order valence-electron chi connectivity index (χ3n) is 2.34. The molecule has 17 heavy (non-hydrogen) atoms. The zero-order chi connectivity index (χ0) is 12.3. The summed E-state index contributed by atoms with van der Waals surface area (Å²) in [6.45, 7) is 0.517. The first-order valence-corrected chi connectivity index (χ1v) is 5.59. The number of hydrogen-bond acceptors (Lipinski definition) is 2. The van der Waals surface area contributed by atoms with E-state index in [1.807, 2.05) is 24.3 Å². The molecule has 0 aliphatic carbocycles. The fourth-order valence-electron chi connectivity index (χ4n) is 1.42. The topological polar surface area (TPSA) is 35.2 Å². The average Bonchev–Trinajstić information content (AvgIpc) is 2.34. The fourth-order valence-corrected chi connectivity index (χ4v) is 1.65. The SMILES string of the molecule is [B]c1ccc(Oc2ccc(CN)cc2)c(Cl)c1. The lowest BCUT2D eigenvalue weighted by Crippen LogP contribution is -2.00. The molecule has 0 aliphatic heterocycles. The first-order valence-electron chi connectivity index (χ1n) is 5.21. The third kappa shape index (κ3) is 3.02. The number of benzene rings is 2. The van der Waals surface area contributed by atoms with Gasteiger partial charge in [0, 0.05) is 6.54 Å². The van der Waals surface area contributed by atoms with E-state index in [1.54, 1.807) is 18.2 Å². The van der Waals surface area contributed by atoms with Crippen LogP contribution in [0.25, 0.3) is 0 Å². The molecule has 2 aromatic rings. The average molecular weight is 244 g/mol. The van der Waals surface area contributed by atoms with Crippen molar-refractivity contribution in [1.82, 2.24) is 0 Å². The van der Waals surface area contributed by atoms with Gasteiger partial charge in [0.2, 0.25) is 0 Å². The van der Waals surface area contributed by atoms with Crippen LogP contribution in [0.4, 0.5) is 0 Å². The molecule has 0 saturated carbocycles. The highest BCUT2D eigenvalue weighted by molar-refractivity contribution is 6.37. The van der Waals surface area contributed by atoms with Crippen molar-refractivity contribution in [1.29, 1.82) is 0 Å². The second kappa shape index (κ2) is 5.26. The maximum atomic E-state index is 6.01. The molecule has 0 aromatic heterocycles. The van der Waals surface area contributed by atoms with E-state index in [2.05, 4.69) is 0 Å². The van der Waals surface area contributed by atoms with Gasteiger partial charge in [0.05, 0.1) is 5.02 Å². The Morgan fingerprint density at radius 3 is 2.41 bits per heavy atom. The quantitative estimate of drug-likeness (QED) is 0.840. The highest BCUT2D eigenvalue weighted by Crippen LogP contribution is 2.28. The Hall–Kier alpha value is -1.45. The van der Waals surface area contributed by atoms with Gasteiger partial charge in [-0.25, -0.2) is 0 Å². The van der Waals surface area contributed by atoms with Crippen LogP contribution in [0.3, 0.4) is 0 Å². The van der Waals surface area contributed by atoms with E-state index in [0.717, 1.165) is 5.56 Å². The van der Waals surface area contributed by atoms with Gasteiger partial charge in [-0.2, -0.15) is 0 Å². The molecule has 84 valence electrons.